The molecule has 2 unspecified atom stereocenters. The molecule has 5 nitrogen and oxygen atoms in total. The Morgan fingerprint density at radius 1 is 1.53 bits per heavy atom. The van der Waals surface area contributed by atoms with Crippen molar-refractivity contribution in [3.05, 3.63) is 0 Å². The lowest BCUT2D eigenvalue weighted by Crippen LogP contribution is -2.68. The Kier molecular flexibility index (Phi) is 4.46. The average molecular weight is 263 g/mol. The molecule has 0 aromatic heterocycles. The van der Waals surface area contributed by atoms with Crippen molar-refractivity contribution in [3.63, 3.8) is 0 Å². The Morgan fingerprint density at radius 2 is 2.06 bits per heavy atom. The van der Waals surface area contributed by atoms with Crippen LogP contribution in [0.15, 0.2) is 0 Å². The van der Waals surface area contributed by atoms with E-state index in [0.717, 1.165) is 0 Å². The van der Waals surface area contributed by atoms with Gasteiger partial charge in [0.2, 0.25) is 0 Å². The van der Waals surface area contributed by atoms with E-state index in [1.807, 2.05) is 20.8 Å². The summed E-state index contributed by atoms with van der Waals surface area (Å²) in [6, 6.07) is 0. The Bertz CT molecular complexity index is 286. The second kappa shape index (κ2) is 5.14. The van der Waals surface area contributed by atoms with E-state index in [-0.39, 0.29) is 16.6 Å². The fourth-order valence-electron chi connectivity index (χ4n) is 1.46. The van der Waals surface area contributed by atoms with Crippen molar-refractivity contribution in [1.82, 2.24) is 4.72 Å². The second-order valence-corrected chi connectivity index (χ2v) is 7.34. The van der Waals surface area contributed by atoms with Crippen LogP contribution in [0.25, 0.3) is 0 Å². The number of carbonyl (C=O) groups is 1. The summed E-state index contributed by atoms with van der Waals surface area (Å²) in [4.78, 5) is 11.6. The molecule has 17 heavy (non-hydrogen) atoms. The summed E-state index contributed by atoms with van der Waals surface area (Å²) in [5.41, 5.74) is -0.564. The van der Waals surface area contributed by atoms with E-state index in [4.69, 9.17) is 9.47 Å². The average Bonchev–Trinajstić information content (AvgIpc) is 2.19. The molecule has 0 aliphatic carbocycles. The zero-order chi connectivity index (χ0) is 13.3. The first-order chi connectivity index (χ1) is 7.73. The number of rotatable bonds is 4. The largest absolute Gasteiger partial charge is 0.598 e. The fourth-order valence-corrected chi connectivity index (χ4v) is 2.43. The van der Waals surface area contributed by atoms with Crippen LogP contribution in [0.3, 0.4) is 0 Å². The third-order valence-corrected chi connectivity index (χ3v) is 4.66. The van der Waals surface area contributed by atoms with Gasteiger partial charge in [-0.25, -0.2) is 0 Å². The van der Waals surface area contributed by atoms with Gasteiger partial charge in [-0.3, -0.25) is 4.79 Å². The van der Waals surface area contributed by atoms with Crippen molar-refractivity contribution in [1.29, 1.82) is 0 Å². The summed E-state index contributed by atoms with van der Waals surface area (Å²) in [5.74, 6) is -0.695. The van der Waals surface area contributed by atoms with Crippen LogP contribution in [0.2, 0.25) is 0 Å². The lowest BCUT2D eigenvalue weighted by Gasteiger charge is -2.45. The number of ether oxygens (including phenoxy) is 2. The molecule has 0 saturated carbocycles. The Hall–Kier alpha value is -0.300. The van der Waals surface area contributed by atoms with Crippen LogP contribution in [-0.2, 0) is 25.6 Å². The molecule has 1 saturated heterocycles. The Morgan fingerprint density at radius 3 is 2.35 bits per heavy atom. The summed E-state index contributed by atoms with van der Waals surface area (Å²) < 4.78 is 24.6. The van der Waals surface area contributed by atoms with E-state index in [9.17, 15) is 9.35 Å². The molecule has 0 radical (unpaired) electrons. The zero-order valence-corrected chi connectivity index (χ0v) is 11.8. The summed E-state index contributed by atoms with van der Waals surface area (Å²) >= 11 is -1.23. The van der Waals surface area contributed by atoms with E-state index < -0.39 is 16.9 Å². The minimum absolute atomic E-state index is 0.313. The van der Waals surface area contributed by atoms with Crippen LogP contribution in [0.5, 0.6) is 0 Å². The van der Waals surface area contributed by atoms with E-state index in [1.165, 1.54) is 7.11 Å². The molecular weight excluding hydrogens is 242 g/mol. The highest BCUT2D eigenvalue weighted by Gasteiger charge is 2.52. The smallest absolute Gasteiger partial charge is 0.310 e. The predicted octanol–water partition coefficient (Wildman–Crippen LogP) is 0.616. The minimum atomic E-state index is -1.23. The van der Waals surface area contributed by atoms with Gasteiger partial charge in [0.25, 0.3) is 0 Å². The van der Waals surface area contributed by atoms with Crippen LogP contribution in [0.1, 0.15) is 27.7 Å². The molecular formula is C11H21NO4S. The quantitative estimate of drug-likeness (QED) is 0.594. The van der Waals surface area contributed by atoms with Gasteiger partial charge in [-0.1, -0.05) is 0 Å². The minimum Gasteiger partial charge on any atom is -0.598 e. The Labute approximate surface area is 106 Å². The van der Waals surface area contributed by atoms with Gasteiger partial charge < -0.3 is 14.0 Å². The Balaban J connectivity index is 2.73. The number of methoxy groups -OCH3 is 1. The number of hydrogen-bond acceptors (Lipinski definition) is 5. The van der Waals surface area contributed by atoms with Gasteiger partial charge in [0.1, 0.15) is 10.3 Å². The SMILES string of the molecule is COC(=O)C(C)C1(N[S+]([O-])C(C)(C)C)COC1. The fraction of sp³-hybridized carbons (Fsp3) is 0.909. The van der Waals surface area contributed by atoms with Gasteiger partial charge in [-0.2, -0.15) is 0 Å². The molecule has 0 amide bonds. The van der Waals surface area contributed by atoms with Gasteiger partial charge >= 0.3 is 5.97 Å². The molecule has 1 heterocycles. The van der Waals surface area contributed by atoms with Gasteiger partial charge in [0.05, 0.1) is 26.2 Å². The monoisotopic (exact) mass is 263 g/mol. The molecule has 0 aromatic carbocycles. The third kappa shape index (κ3) is 3.13. The van der Waals surface area contributed by atoms with E-state index >= 15 is 0 Å². The molecule has 1 aliphatic rings. The molecule has 0 spiro atoms. The summed E-state index contributed by atoms with van der Waals surface area (Å²) in [6.45, 7) is 8.17. The first-order valence-electron chi connectivity index (χ1n) is 5.58. The molecule has 100 valence electrons. The molecule has 0 bridgehead atoms. The van der Waals surface area contributed by atoms with Crippen LogP contribution in [0.4, 0.5) is 0 Å². The van der Waals surface area contributed by atoms with E-state index in [1.54, 1.807) is 6.92 Å². The zero-order valence-electron chi connectivity index (χ0n) is 11.0. The first-order valence-corrected chi connectivity index (χ1v) is 6.73. The highest BCUT2D eigenvalue weighted by atomic mass is 32.2. The molecule has 1 aliphatic heterocycles. The van der Waals surface area contributed by atoms with Crippen molar-refractivity contribution >= 4 is 17.3 Å². The van der Waals surface area contributed by atoms with Crippen molar-refractivity contribution in [3.8, 4) is 0 Å². The summed E-state index contributed by atoms with van der Waals surface area (Å²) in [5, 5.41) is 0. The van der Waals surface area contributed by atoms with E-state index in [2.05, 4.69) is 4.72 Å². The van der Waals surface area contributed by atoms with Crippen molar-refractivity contribution in [2.75, 3.05) is 20.3 Å². The van der Waals surface area contributed by atoms with Gasteiger partial charge in [0, 0.05) is 11.4 Å². The molecule has 1 N–H and O–H groups in total. The maximum absolute atomic E-state index is 12.1. The highest BCUT2D eigenvalue weighted by Crippen LogP contribution is 2.30. The van der Waals surface area contributed by atoms with Crippen LogP contribution >= 0.6 is 0 Å². The van der Waals surface area contributed by atoms with Crippen molar-refractivity contribution in [2.24, 2.45) is 5.92 Å². The van der Waals surface area contributed by atoms with Gasteiger partial charge in [0.15, 0.2) is 0 Å². The van der Waals surface area contributed by atoms with Gasteiger partial charge in [-0.05, 0) is 27.7 Å². The van der Waals surface area contributed by atoms with Crippen molar-refractivity contribution < 1.29 is 18.8 Å². The third-order valence-electron chi connectivity index (χ3n) is 2.96. The number of hydrogen-bond donors (Lipinski definition) is 1. The standard InChI is InChI=1S/C11H21NO4S/c1-8(9(13)15-5)11(6-16-7-11)12-17(14)10(2,3)4/h8,12H,6-7H2,1-5H3. The molecule has 0 aromatic rings. The van der Waals surface area contributed by atoms with Crippen LogP contribution in [-0.4, -0.2) is 41.1 Å². The summed E-state index contributed by atoms with van der Waals surface area (Å²) in [6.07, 6.45) is 0. The molecule has 1 rings (SSSR count). The molecule has 6 heteroatoms. The lowest BCUT2D eigenvalue weighted by molar-refractivity contribution is -0.158. The number of carbonyl (C=O) groups excluding carboxylic acids is 1. The maximum atomic E-state index is 12.1. The topological polar surface area (TPSA) is 70.6 Å². The molecule has 2 atom stereocenters. The van der Waals surface area contributed by atoms with E-state index in [0.29, 0.717) is 13.2 Å². The number of nitrogens with one attached hydrogen (secondary N) is 1. The van der Waals surface area contributed by atoms with Gasteiger partial charge in [-0.15, -0.1) is 4.72 Å². The lowest BCUT2D eigenvalue weighted by atomic mass is 9.84. The molecule has 1 fully saturated rings. The predicted molar refractivity (Wildman–Crippen MR) is 65.8 cm³/mol. The number of esters is 1. The van der Waals surface area contributed by atoms with Crippen LogP contribution < -0.4 is 4.72 Å². The second-order valence-electron chi connectivity index (χ2n) is 5.38. The van der Waals surface area contributed by atoms with Crippen LogP contribution in [0, 0.1) is 5.92 Å². The summed E-state index contributed by atoms with van der Waals surface area (Å²) in [7, 11) is 1.35. The highest BCUT2D eigenvalue weighted by molar-refractivity contribution is 7.90. The normalized spacial score (nSPS) is 22.5. The first kappa shape index (κ1) is 14.8. The maximum Gasteiger partial charge on any atom is 0.310 e. The van der Waals surface area contributed by atoms with Crippen molar-refractivity contribution in [2.45, 2.75) is 38.0 Å².